The summed E-state index contributed by atoms with van der Waals surface area (Å²) in [5, 5.41) is 5.92. The first-order valence-electron chi connectivity index (χ1n) is 10.4. The summed E-state index contributed by atoms with van der Waals surface area (Å²) in [6.45, 7) is 3.91. The summed E-state index contributed by atoms with van der Waals surface area (Å²) in [7, 11) is 1.69. The highest BCUT2D eigenvalue weighted by atomic mass is 32.1. The molecule has 3 aromatic rings. The highest BCUT2D eigenvalue weighted by Crippen LogP contribution is 2.18. The number of carbonyl (C=O) groups is 1. The maximum Gasteiger partial charge on any atom is 0.231 e. The van der Waals surface area contributed by atoms with Crippen LogP contribution in [0.4, 0.5) is 5.69 Å². The Balaban J connectivity index is 1.33. The first kappa shape index (κ1) is 20.6. The van der Waals surface area contributed by atoms with Crippen molar-refractivity contribution in [1.82, 2.24) is 4.98 Å². The third-order valence-electron chi connectivity index (χ3n) is 5.40. The van der Waals surface area contributed by atoms with Crippen molar-refractivity contribution in [3.63, 3.8) is 0 Å². The number of amides is 1. The van der Waals surface area contributed by atoms with Crippen molar-refractivity contribution >= 4 is 22.9 Å². The second-order valence-electron chi connectivity index (χ2n) is 7.96. The van der Waals surface area contributed by atoms with Crippen molar-refractivity contribution in [3.8, 4) is 5.75 Å². The summed E-state index contributed by atoms with van der Waals surface area (Å²) in [6, 6.07) is 16.9. The predicted molar refractivity (Wildman–Crippen MR) is 120 cm³/mol. The van der Waals surface area contributed by atoms with Crippen LogP contribution in [0.3, 0.4) is 0 Å². The molecule has 1 aliphatic carbocycles. The van der Waals surface area contributed by atoms with E-state index in [1.54, 1.807) is 23.3 Å². The molecule has 30 heavy (non-hydrogen) atoms. The van der Waals surface area contributed by atoms with Crippen LogP contribution in [0.2, 0.25) is 0 Å². The molecule has 0 spiro atoms. The molecule has 1 aromatic heterocycles. The molecule has 2 N–H and O–H groups in total. The van der Waals surface area contributed by atoms with Crippen LogP contribution in [0.25, 0.3) is 0 Å². The van der Waals surface area contributed by atoms with Crippen LogP contribution in [-0.4, -0.2) is 24.0 Å². The van der Waals surface area contributed by atoms with Crippen LogP contribution in [0.15, 0.2) is 53.9 Å². The van der Waals surface area contributed by atoms with Gasteiger partial charge in [-0.2, -0.15) is 0 Å². The van der Waals surface area contributed by atoms with Crippen molar-refractivity contribution < 1.29 is 14.4 Å². The number of rotatable bonds is 9. The Morgan fingerprint density at radius 1 is 1.13 bits per heavy atom. The van der Waals surface area contributed by atoms with Gasteiger partial charge >= 0.3 is 0 Å². The van der Waals surface area contributed by atoms with Crippen LogP contribution >= 0.6 is 11.3 Å². The first-order valence-corrected chi connectivity index (χ1v) is 11.2. The van der Waals surface area contributed by atoms with Gasteiger partial charge in [-0.15, -0.1) is 11.3 Å². The standard InChI is InChI=1S/C24H27N3O2S/c1-17-3-7-19(8-4-17)25-23(28)13-24-26-20(16-30-24)15-27(21-9-10-21)14-18-5-11-22(29-2)12-6-18/h3-8,11-12,16,21H,9-10,13-15H2,1-2H3,(H,25,28)/p+1. The number of anilines is 1. The normalized spacial score (nSPS) is 14.3. The summed E-state index contributed by atoms with van der Waals surface area (Å²) in [5.74, 6) is 0.865. The molecular formula is C24H28N3O2S+. The van der Waals surface area contributed by atoms with Gasteiger partial charge in [-0.3, -0.25) is 4.79 Å². The number of nitrogens with zero attached hydrogens (tertiary/aromatic N) is 1. The molecule has 1 heterocycles. The van der Waals surface area contributed by atoms with E-state index in [2.05, 4.69) is 22.8 Å². The zero-order valence-corrected chi connectivity index (χ0v) is 18.3. The molecule has 6 heteroatoms. The molecule has 5 nitrogen and oxygen atoms in total. The number of methoxy groups -OCH3 is 1. The molecule has 0 aliphatic heterocycles. The SMILES string of the molecule is COc1ccc(C[NH+](Cc2csc(CC(=O)Nc3ccc(C)cc3)n2)C2CC2)cc1. The lowest BCUT2D eigenvalue weighted by molar-refractivity contribution is -0.938. The molecule has 1 saturated carbocycles. The van der Waals surface area contributed by atoms with E-state index in [0.717, 1.165) is 35.2 Å². The number of hydrogen-bond donors (Lipinski definition) is 2. The molecule has 156 valence electrons. The van der Waals surface area contributed by atoms with Gasteiger partial charge in [0, 0.05) is 29.5 Å². The monoisotopic (exact) mass is 422 g/mol. The highest BCUT2D eigenvalue weighted by molar-refractivity contribution is 7.09. The van der Waals surface area contributed by atoms with E-state index in [4.69, 9.17) is 9.72 Å². The lowest BCUT2D eigenvalue weighted by atomic mass is 10.2. The molecule has 1 atom stereocenters. The van der Waals surface area contributed by atoms with Crippen molar-refractivity contribution in [2.45, 2.75) is 45.3 Å². The highest BCUT2D eigenvalue weighted by Gasteiger charge is 2.33. The Bertz CT molecular complexity index is 978. The molecule has 1 fully saturated rings. The first-order chi connectivity index (χ1) is 14.6. The van der Waals surface area contributed by atoms with E-state index in [9.17, 15) is 4.79 Å². The smallest absolute Gasteiger partial charge is 0.231 e. The third kappa shape index (κ3) is 5.68. The van der Waals surface area contributed by atoms with Gasteiger partial charge in [0.1, 0.15) is 29.5 Å². The zero-order chi connectivity index (χ0) is 20.9. The van der Waals surface area contributed by atoms with Crippen LogP contribution in [-0.2, 0) is 24.3 Å². The van der Waals surface area contributed by atoms with E-state index in [1.165, 1.54) is 24.0 Å². The molecule has 2 aromatic carbocycles. The summed E-state index contributed by atoms with van der Waals surface area (Å²) in [4.78, 5) is 18.6. The maximum absolute atomic E-state index is 12.4. The minimum Gasteiger partial charge on any atom is -0.497 e. The fourth-order valence-corrected chi connectivity index (χ4v) is 4.36. The molecule has 0 radical (unpaired) electrons. The predicted octanol–water partition coefficient (Wildman–Crippen LogP) is 3.39. The number of carbonyl (C=O) groups excluding carboxylic acids is 1. The lowest BCUT2D eigenvalue weighted by Crippen LogP contribution is -3.10. The van der Waals surface area contributed by atoms with Crippen molar-refractivity contribution in [1.29, 1.82) is 0 Å². The molecule has 0 saturated heterocycles. The van der Waals surface area contributed by atoms with Crippen molar-refractivity contribution in [3.05, 3.63) is 75.7 Å². The number of nitrogens with one attached hydrogen (secondary N) is 2. The Labute approximate surface area is 181 Å². The van der Waals surface area contributed by atoms with E-state index in [0.29, 0.717) is 12.5 Å². The minimum atomic E-state index is -0.0237. The van der Waals surface area contributed by atoms with Gasteiger partial charge in [0.25, 0.3) is 0 Å². The Kier molecular flexibility index (Phi) is 6.45. The van der Waals surface area contributed by atoms with E-state index in [1.807, 2.05) is 43.3 Å². The van der Waals surface area contributed by atoms with Crippen molar-refractivity contribution in [2.24, 2.45) is 0 Å². The van der Waals surface area contributed by atoms with Gasteiger partial charge in [-0.1, -0.05) is 17.7 Å². The number of hydrogen-bond acceptors (Lipinski definition) is 4. The topological polar surface area (TPSA) is 55.7 Å². The van der Waals surface area contributed by atoms with Crippen LogP contribution in [0.5, 0.6) is 5.75 Å². The molecule has 0 bridgehead atoms. The molecule has 4 rings (SSSR count). The third-order valence-corrected chi connectivity index (χ3v) is 6.30. The maximum atomic E-state index is 12.4. The van der Waals surface area contributed by atoms with E-state index < -0.39 is 0 Å². The largest absolute Gasteiger partial charge is 0.497 e. The van der Waals surface area contributed by atoms with Crippen molar-refractivity contribution in [2.75, 3.05) is 12.4 Å². The average molecular weight is 423 g/mol. The second kappa shape index (κ2) is 9.41. The Morgan fingerprint density at radius 2 is 1.87 bits per heavy atom. The fourth-order valence-electron chi connectivity index (χ4n) is 3.57. The number of aromatic nitrogens is 1. The zero-order valence-electron chi connectivity index (χ0n) is 17.5. The van der Waals surface area contributed by atoms with Gasteiger partial charge in [0.05, 0.1) is 19.6 Å². The quantitative estimate of drug-likeness (QED) is 0.556. The van der Waals surface area contributed by atoms with Crippen LogP contribution < -0.4 is 15.0 Å². The Morgan fingerprint density at radius 3 is 2.53 bits per heavy atom. The number of ether oxygens (including phenoxy) is 1. The number of benzene rings is 2. The van der Waals surface area contributed by atoms with Crippen LogP contribution in [0.1, 0.15) is 34.7 Å². The van der Waals surface area contributed by atoms with Gasteiger partial charge in [0.2, 0.25) is 5.91 Å². The van der Waals surface area contributed by atoms with Gasteiger partial charge in [-0.25, -0.2) is 4.98 Å². The number of thiazole rings is 1. The Hall–Kier alpha value is -2.70. The summed E-state index contributed by atoms with van der Waals surface area (Å²) >= 11 is 1.57. The van der Waals surface area contributed by atoms with E-state index >= 15 is 0 Å². The lowest BCUT2D eigenvalue weighted by Gasteiger charge is -2.18. The molecular weight excluding hydrogens is 394 g/mol. The number of quaternary nitrogens is 1. The molecule has 1 unspecified atom stereocenters. The molecule has 1 aliphatic rings. The summed E-state index contributed by atoms with van der Waals surface area (Å²) in [6.07, 6.45) is 2.87. The van der Waals surface area contributed by atoms with Gasteiger partial charge in [-0.05, 0) is 43.3 Å². The minimum absolute atomic E-state index is 0.0237. The second-order valence-corrected chi connectivity index (χ2v) is 8.90. The van der Waals surface area contributed by atoms with Crippen LogP contribution in [0, 0.1) is 6.92 Å². The fraction of sp³-hybridized carbons (Fsp3) is 0.333. The molecule has 1 amide bonds. The average Bonchev–Trinajstić information content (AvgIpc) is 3.51. The van der Waals surface area contributed by atoms with Gasteiger partial charge in [0.15, 0.2) is 0 Å². The van der Waals surface area contributed by atoms with E-state index in [-0.39, 0.29) is 5.91 Å². The number of aryl methyl sites for hydroxylation is 1. The summed E-state index contributed by atoms with van der Waals surface area (Å²) in [5.41, 5.74) is 4.39. The van der Waals surface area contributed by atoms with Gasteiger partial charge < -0.3 is 15.0 Å². The summed E-state index contributed by atoms with van der Waals surface area (Å²) < 4.78 is 5.26.